The number of anilines is 1. The fourth-order valence-electron chi connectivity index (χ4n) is 1.78. The van der Waals surface area contributed by atoms with Crippen LogP contribution >= 0.6 is 15.9 Å². The Kier molecular flexibility index (Phi) is 6.64. The highest BCUT2D eigenvalue weighted by molar-refractivity contribution is 9.10. The van der Waals surface area contributed by atoms with Crippen LogP contribution in [0.3, 0.4) is 0 Å². The second kappa shape index (κ2) is 8.00. The van der Waals surface area contributed by atoms with Gasteiger partial charge in [0.25, 0.3) is 0 Å². The Bertz CT molecular complexity index is 457. The van der Waals surface area contributed by atoms with E-state index in [1.807, 2.05) is 18.2 Å². The van der Waals surface area contributed by atoms with Crippen LogP contribution in [-0.4, -0.2) is 24.7 Å². The molecule has 0 aliphatic carbocycles. The molecule has 0 saturated heterocycles. The van der Waals surface area contributed by atoms with Crippen LogP contribution in [0.15, 0.2) is 28.7 Å². The Balaban J connectivity index is 2.73. The average Bonchev–Trinajstić information content (AvgIpc) is 2.37. The number of halogens is 1. The monoisotopic (exact) mass is 325 g/mol. The van der Waals surface area contributed by atoms with Gasteiger partial charge in [-0.15, -0.1) is 0 Å². The lowest BCUT2D eigenvalue weighted by Crippen LogP contribution is -2.18. The van der Waals surface area contributed by atoms with E-state index in [9.17, 15) is 4.79 Å². The maximum Gasteiger partial charge on any atom is 0.328 e. The SMILES string of the molecule is CCCCCN(C)c1ccc(/C=C/C(=O)O)c(Br)c1. The van der Waals surface area contributed by atoms with Crippen LogP contribution in [0.4, 0.5) is 5.69 Å². The van der Waals surface area contributed by atoms with E-state index >= 15 is 0 Å². The molecule has 0 aliphatic heterocycles. The lowest BCUT2D eigenvalue weighted by molar-refractivity contribution is -0.131. The molecule has 4 heteroatoms. The maximum atomic E-state index is 10.5. The fourth-order valence-corrected chi connectivity index (χ4v) is 2.28. The Morgan fingerprint density at radius 2 is 2.16 bits per heavy atom. The van der Waals surface area contributed by atoms with Gasteiger partial charge in [-0.2, -0.15) is 0 Å². The van der Waals surface area contributed by atoms with Gasteiger partial charge in [-0.25, -0.2) is 4.79 Å². The smallest absolute Gasteiger partial charge is 0.328 e. The number of benzene rings is 1. The number of unbranched alkanes of at least 4 members (excludes halogenated alkanes) is 2. The van der Waals surface area contributed by atoms with E-state index in [2.05, 4.69) is 34.8 Å². The molecule has 0 amide bonds. The predicted octanol–water partition coefficient (Wildman–Crippen LogP) is 4.17. The standard InChI is InChI=1S/C15H20BrNO2/c1-3-4-5-10-17(2)13-8-6-12(14(16)11-13)7-9-15(18)19/h6-9,11H,3-5,10H2,1-2H3,(H,18,19)/b9-7+. The summed E-state index contributed by atoms with van der Waals surface area (Å²) in [6.45, 7) is 3.23. The number of carboxylic acid groups (broad SMARTS) is 1. The van der Waals surface area contributed by atoms with Gasteiger partial charge in [0.1, 0.15) is 0 Å². The topological polar surface area (TPSA) is 40.5 Å². The zero-order valence-corrected chi connectivity index (χ0v) is 13.0. The number of hydrogen-bond donors (Lipinski definition) is 1. The van der Waals surface area contributed by atoms with Crippen molar-refractivity contribution in [1.82, 2.24) is 0 Å². The predicted molar refractivity (Wildman–Crippen MR) is 83.6 cm³/mol. The highest BCUT2D eigenvalue weighted by Gasteiger charge is 2.04. The summed E-state index contributed by atoms with van der Waals surface area (Å²) in [7, 11) is 2.07. The van der Waals surface area contributed by atoms with E-state index in [0.29, 0.717) is 0 Å². The van der Waals surface area contributed by atoms with Crippen molar-refractivity contribution in [1.29, 1.82) is 0 Å². The minimum Gasteiger partial charge on any atom is -0.478 e. The van der Waals surface area contributed by atoms with Crippen molar-refractivity contribution in [2.75, 3.05) is 18.5 Å². The van der Waals surface area contributed by atoms with Crippen LogP contribution in [0, 0.1) is 0 Å². The zero-order valence-electron chi connectivity index (χ0n) is 11.4. The van der Waals surface area contributed by atoms with Gasteiger partial charge in [-0.05, 0) is 30.2 Å². The lowest BCUT2D eigenvalue weighted by atomic mass is 10.1. The van der Waals surface area contributed by atoms with Crippen LogP contribution < -0.4 is 4.90 Å². The second-order valence-corrected chi connectivity index (χ2v) is 5.36. The quantitative estimate of drug-likeness (QED) is 0.604. The number of rotatable bonds is 7. The molecule has 0 fully saturated rings. The summed E-state index contributed by atoms with van der Waals surface area (Å²) >= 11 is 3.48. The van der Waals surface area contributed by atoms with Crippen molar-refractivity contribution in [3.8, 4) is 0 Å². The third-order valence-corrected chi connectivity index (χ3v) is 3.61. The number of nitrogens with zero attached hydrogens (tertiary/aromatic N) is 1. The summed E-state index contributed by atoms with van der Waals surface area (Å²) in [6.07, 6.45) is 6.38. The van der Waals surface area contributed by atoms with E-state index < -0.39 is 5.97 Å². The molecule has 1 aromatic carbocycles. The Morgan fingerprint density at radius 1 is 1.42 bits per heavy atom. The molecule has 0 aromatic heterocycles. The first-order chi connectivity index (χ1) is 9.04. The van der Waals surface area contributed by atoms with Gasteiger partial charge in [0.05, 0.1) is 0 Å². The number of aliphatic carboxylic acids is 1. The molecular formula is C15H20BrNO2. The average molecular weight is 326 g/mol. The van der Waals surface area contributed by atoms with Crippen LogP contribution in [-0.2, 0) is 4.79 Å². The van der Waals surface area contributed by atoms with Gasteiger partial charge >= 0.3 is 5.97 Å². The maximum absolute atomic E-state index is 10.5. The molecule has 1 rings (SSSR count). The van der Waals surface area contributed by atoms with E-state index in [0.717, 1.165) is 28.3 Å². The molecule has 0 atom stereocenters. The van der Waals surface area contributed by atoms with Crippen molar-refractivity contribution in [3.63, 3.8) is 0 Å². The molecule has 0 unspecified atom stereocenters. The fraction of sp³-hybridized carbons (Fsp3) is 0.400. The third kappa shape index (κ3) is 5.47. The molecule has 0 aliphatic rings. The molecule has 0 saturated carbocycles. The summed E-state index contributed by atoms with van der Waals surface area (Å²) in [5.41, 5.74) is 2.00. The summed E-state index contributed by atoms with van der Waals surface area (Å²) in [4.78, 5) is 12.7. The highest BCUT2D eigenvalue weighted by atomic mass is 79.9. The van der Waals surface area contributed by atoms with Crippen molar-refractivity contribution >= 4 is 33.7 Å². The first kappa shape index (κ1) is 15.8. The molecular weight excluding hydrogens is 306 g/mol. The number of carbonyl (C=O) groups is 1. The molecule has 0 heterocycles. The zero-order chi connectivity index (χ0) is 14.3. The van der Waals surface area contributed by atoms with Crippen molar-refractivity contribution in [2.45, 2.75) is 26.2 Å². The van der Waals surface area contributed by atoms with Crippen LogP contribution in [0.5, 0.6) is 0 Å². The Labute approximate surface area is 123 Å². The number of hydrogen-bond acceptors (Lipinski definition) is 2. The molecule has 1 N–H and O–H groups in total. The van der Waals surface area contributed by atoms with Crippen molar-refractivity contribution in [3.05, 3.63) is 34.3 Å². The van der Waals surface area contributed by atoms with E-state index in [1.165, 1.54) is 19.3 Å². The first-order valence-electron chi connectivity index (χ1n) is 6.46. The van der Waals surface area contributed by atoms with E-state index in [1.54, 1.807) is 6.08 Å². The Morgan fingerprint density at radius 3 is 2.74 bits per heavy atom. The van der Waals surface area contributed by atoms with Gasteiger partial charge in [0.15, 0.2) is 0 Å². The summed E-state index contributed by atoms with van der Waals surface area (Å²) in [5.74, 6) is -0.937. The van der Waals surface area contributed by atoms with Gasteiger partial charge in [0, 0.05) is 29.8 Å². The van der Waals surface area contributed by atoms with Gasteiger partial charge in [0.2, 0.25) is 0 Å². The molecule has 0 bridgehead atoms. The van der Waals surface area contributed by atoms with Gasteiger partial charge in [-0.3, -0.25) is 0 Å². The first-order valence-corrected chi connectivity index (χ1v) is 7.25. The summed E-state index contributed by atoms with van der Waals surface area (Å²) in [6, 6.07) is 5.96. The third-order valence-electron chi connectivity index (χ3n) is 2.93. The van der Waals surface area contributed by atoms with E-state index in [-0.39, 0.29) is 0 Å². The molecule has 0 radical (unpaired) electrons. The van der Waals surface area contributed by atoms with Crippen LogP contribution in [0.1, 0.15) is 31.7 Å². The van der Waals surface area contributed by atoms with Crippen molar-refractivity contribution < 1.29 is 9.90 Å². The summed E-state index contributed by atoms with van der Waals surface area (Å²) in [5, 5.41) is 8.62. The number of carboxylic acids is 1. The van der Waals surface area contributed by atoms with Gasteiger partial charge < -0.3 is 10.0 Å². The molecule has 1 aromatic rings. The lowest BCUT2D eigenvalue weighted by Gasteiger charge is -2.19. The molecule has 0 spiro atoms. The molecule has 104 valence electrons. The minimum absolute atomic E-state index is 0.869. The Hall–Kier alpha value is -1.29. The normalized spacial score (nSPS) is 10.9. The summed E-state index contributed by atoms with van der Waals surface area (Å²) < 4.78 is 0.907. The van der Waals surface area contributed by atoms with E-state index in [4.69, 9.17) is 5.11 Å². The van der Waals surface area contributed by atoms with Gasteiger partial charge in [-0.1, -0.05) is 41.8 Å². The van der Waals surface area contributed by atoms with Crippen molar-refractivity contribution in [2.24, 2.45) is 0 Å². The molecule has 19 heavy (non-hydrogen) atoms. The van der Waals surface area contributed by atoms with Crippen LogP contribution in [0.25, 0.3) is 6.08 Å². The second-order valence-electron chi connectivity index (χ2n) is 4.51. The minimum atomic E-state index is -0.937. The largest absolute Gasteiger partial charge is 0.478 e. The molecule has 3 nitrogen and oxygen atoms in total. The van der Waals surface area contributed by atoms with Crippen LogP contribution in [0.2, 0.25) is 0 Å². The highest BCUT2D eigenvalue weighted by Crippen LogP contribution is 2.24.